The lowest BCUT2D eigenvalue weighted by atomic mass is 10.0. The summed E-state index contributed by atoms with van der Waals surface area (Å²) in [6.07, 6.45) is -4.13. The second-order valence-electron chi connectivity index (χ2n) is 9.50. The summed E-state index contributed by atoms with van der Waals surface area (Å²) in [5, 5.41) is 0. The fraction of sp³-hybridized carbons (Fsp3) is 0.500. The highest BCUT2D eigenvalue weighted by Crippen LogP contribution is 2.30. The van der Waals surface area contributed by atoms with Crippen LogP contribution in [0, 0.1) is 6.92 Å². The van der Waals surface area contributed by atoms with E-state index in [4.69, 9.17) is 14.2 Å². The Morgan fingerprint density at radius 3 is 2.44 bits per heavy atom. The number of hydrogen-bond acceptors (Lipinski definition) is 5. The number of esters is 1. The molecule has 1 heterocycles. The minimum Gasteiger partial charge on any atom is -0.489 e. The summed E-state index contributed by atoms with van der Waals surface area (Å²) >= 11 is 0. The van der Waals surface area contributed by atoms with Crippen molar-refractivity contribution in [1.82, 2.24) is 4.90 Å². The van der Waals surface area contributed by atoms with E-state index in [9.17, 15) is 18.0 Å². The fourth-order valence-electron chi connectivity index (χ4n) is 3.79. The van der Waals surface area contributed by atoms with Gasteiger partial charge in [-0.15, -0.1) is 0 Å². The minimum absolute atomic E-state index is 0.114. The summed E-state index contributed by atoms with van der Waals surface area (Å²) in [6, 6.07) is 10.7. The first-order chi connectivity index (χ1) is 15.9. The average molecular weight is 480 g/mol. The molecule has 1 aliphatic heterocycles. The van der Waals surface area contributed by atoms with Crippen LogP contribution in [0.3, 0.4) is 0 Å². The van der Waals surface area contributed by atoms with Crippen LogP contribution in [0.5, 0.6) is 5.75 Å². The number of ether oxygens (including phenoxy) is 3. The van der Waals surface area contributed by atoms with E-state index < -0.39 is 17.3 Å². The molecule has 3 rings (SSSR count). The van der Waals surface area contributed by atoms with E-state index in [0.717, 1.165) is 29.8 Å². The van der Waals surface area contributed by atoms with Crippen molar-refractivity contribution in [3.63, 3.8) is 0 Å². The number of nitrogens with zero attached hydrogens (tertiary/aromatic N) is 1. The largest absolute Gasteiger partial charge is 0.489 e. The standard InChI is InChI=1S/C26H32F3NO4/c1-18-15-21(33-17-19-5-7-20(8-6-19)26(27,28)29)9-10-22(18)23-16-30(13-14-32-23)12-11-24(31)34-25(2,3)4/h5-10,15,23H,11-14,16-17H2,1-4H3. The van der Waals surface area contributed by atoms with Crippen molar-refractivity contribution in [2.45, 2.75) is 58.6 Å². The number of carbonyl (C=O) groups excluding carboxylic acids is 1. The summed E-state index contributed by atoms with van der Waals surface area (Å²) in [5.74, 6) is 0.431. The summed E-state index contributed by atoms with van der Waals surface area (Å²) in [6.45, 7) is 10.3. The van der Waals surface area contributed by atoms with Crippen LogP contribution in [0.4, 0.5) is 13.2 Å². The zero-order valence-electron chi connectivity index (χ0n) is 20.1. The van der Waals surface area contributed by atoms with Gasteiger partial charge < -0.3 is 14.2 Å². The molecule has 2 aromatic carbocycles. The quantitative estimate of drug-likeness (QED) is 0.477. The van der Waals surface area contributed by atoms with E-state index in [1.54, 1.807) is 0 Å². The molecule has 5 nitrogen and oxygen atoms in total. The molecule has 0 spiro atoms. The number of halogens is 3. The zero-order valence-corrected chi connectivity index (χ0v) is 20.1. The molecule has 0 saturated carbocycles. The third kappa shape index (κ3) is 7.74. The van der Waals surface area contributed by atoms with Crippen LogP contribution in [-0.2, 0) is 27.1 Å². The third-order valence-corrected chi connectivity index (χ3v) is 5.48. The van der Waals surface area contributed by atoms with Crippen molar-refractivity contribution in [3.05, 3.63) is 64.7 Å². The number of alkyl halides is 3. The molecule has 0 aliphatic carbocycles. The van der Waals surface area contributed by atoms with Gasteiger partial charge in [-0.3, -0.25) is 9.69 Å². The number of carbonyl (C=O) groups is 1. The van der Waals surface area contributed by atoms with Crippen LogP contribution in [0.15, 0.2) is 42.5 Å². The molecule has 0 amide bonds. The van der Waals surface area contributed by atoms with Gasteiger partial charge in [0.2, 0.25) is 0 Å². The molecular formula is C26H32F3NO4. The first-order valence-corrected chi connectivity index (χ1v) is 11.4. The summed E-state index contributed by atoms with van der Waals surface area (Å²) in [5.41, 5.74) is 1.54. The summed E-state index contributed by atoms with van der Waals surface area (Å²) in [7, 11) is 0. The molecule has 1 unspecified atom stereocenters. The second kappa shape index (κ2) is 10.8. The van der Waals surface area contributed by atoms with Crippen LogP contribution in [0.25, 0.3) is 0 Å². The van der Waals surface area contributed by atoms with Gasteiger partial charge in [-0.25, -0.2) is 0 Å². The van der Waals surface area contributed by atoms with Gasteiger partial charge in [0.05, 0.1) is 24.7 Å². The van der Waals surface area contributed by atoms with Crippen molar-refractivity contribution in [1.29, 1.82) is 0 Å². The Labute approximate surface area is 198 Å². The second-order valence-corrected chi connectivity index (χ2v) is 9.50. The van der Waals surface area contributed by atoms with Gasteiger partial charge in [0.15, 0.2) is 0 Å². The number of benzene rings is 2. The molecule has 1 atom stereocenters. The molecule has 8 heteroatoms. The fourth-order valence-corrected chi connectivity index (χ4v) is 3.79. The topological polar surface area (TPSA) is 48.0 Å². The van der Waals surface area contributed by atoms with Gasteiger partial charge in [-0.2, -0.15) is 13.2 Å². The van der Waals surface area contributed by atoms with Crippen molar-refractivity contribution in [3.8, 4) is 5.75 Å². The van der Waals surface area contributed by atoms with Crippen molar-refractivity contribution >= 4 is 5.97 Å². The Balaban J connectivity index is 1.54. The van der Waals surface area contributed by atoms with Crippen LogP contribution in [0.1, 0.15) is 55.5 Å². The summed E-state index contributed by atoms with van der Waals surface area (Å²) in [4.78, 5) is 14.2. The van der Waals surface area contributed by atoms with Crippen LogP contribution >= 0.6 is 0 Å². The Morgan fingerprint density at radius 2 is 1.82 bits per heavy atom. The van der Waals surface area contributed by atoms with Gasteiger partial charge in [0.25, 0.3) is 0 Å². The monoisotopic (exact) mass is 479 g/mol. The third-order valence-electron chi connectivity index (χ3n) is 5.48. The molecule has 34 heavy (non-hydrogen) atoms. The van der Waals surface area contributed by atoms with Gasteiger partial charge in [0.1, 0.15) is 18.0 Å². The molecule has 1 aliphatic rings. The molecule has 1 fully saturated rings. The highest BCUT2D eigenvalue weighted by Gasteiger charge is 2.30. The van der Waals surface area contributed by atoms with E-state index in [1.807, 2.05) is 45.9 Å². The Hall–Kier alpha value is -2.58. The lowest BCUT2D eigenvalue weighted by Crippen LogP contribution is -2.40. The van der Waals surface area contributed by atoms with E-state index in [0.29, 0.717) is 37.4 Å². The van der Waals surface area contributed by atoms with Crippen molar-refractivity contribution in [2.24, 2.45) is 0 Å². The smallest absolute Gasteiger partial charge is 0.416 e. The maximum atomic E-state index is 12.7. The lowest BCUT2D eigenvalue weighted by Gasteiger charge is -2.33. The first kappa shape index (κ1) is 26.0. The molecule has 0 radical (unpaired) electrons. The van der Waals surface area contributed by atoms with Crippen LogP contribution in [-0.4, -0.2) is 42.7 Å². The minimum atomic E-state index is -4.35. The number of morpholine rings is 1. The molecule has 1 saturated heterocycles. The van der Waals surface area contributed by atoms with Crippen molar-refractivity contribution < 1.29 is 32.2 Å². The number of rotatable bonds is 7. The van der Waals surface area contributed by atoms with E-state index >= 15 is 0 Å². The average Bonchev–Trinajstić information content (AvgIpc) is 2.75. The number of aryl methyl sites for hydroxylation is 1. The van der Waals surface area contributed by atoms with E-state index in [1.165, 1.54) is 12.1 Å². The Kier molecular flexibility index (Phi) is 8.25. The van der Waals surface area contributed by atoms with Crippen LogP contribution < -0.4 is 4.74 Å². The van der Waals surface area contributed by atoms with E-state index in [-0.39, 0.29) is 18.7 Å². The predicted octanol–water partition coefficient (Wildman–Crippen LogP) is 5.70. The van der Waals surface area contributed by atoms with Gasteiger partial charge >= 0.3 is 12.1 Å². The SMILES string of the molecule is Cc1cc(OCc2ccc(C(F)(F)F)cc2)ccc1C1CN(CCC(=O)OC(C)(C)C)CCO1. The maximum Gasteiger partial charge on any atom is 0.416 e. The normalized spacial score (nSPS) is 17.4. The van der Waals surface area contributed by atoms with Gasteiger partial charge in [-0.05, 0) is 68.7 Å². The molecule has 0 aromatic heterocycles. The number of hydrogen-bond donors (Lipinski definition) is 0. The van der Waals surface area contributed by atoms with Crippen molar-refractivity contribution in [2.75, 3.05) is 26.2 Å². The van der Waals surface area contributed by atoms with E-state index in [2.05, 4.69) is 4.90 Å². The van der Waals surface area contributed by atoms with Crippen LogP contribution in [0.2, 0.25) is 0 Å². The predicted molar refractivity (Wildman–Crippen MR) is 123 cm³/mol. The van der Waals surface area contributed by atoms with Gasteiger partial charge in [0, 0.05) is 19.6 Å². The summed E-state index contributed by atoms with van der Waals surface area (Å²) < 4.78 is 55.3. The molecule has 186 valence electrons. The Morgan fingerprint density at radius 1 is 1.12 bits per heavy atom. The maximum absolute atomic E-state index is 12.7. The van der Waals surface area contributed by atoms with Gasteiger partial charge in [-0.1, -0.05) is 18.2 Å². The molecular weight excluding hydrogens is 447 g/mol. The molecule has 2 aromatic rings. The molecule has 0 N–H and O–H groups in total. The first-order valence-electron chi connectivity index (χ1n) is 11.4. The lowest BCUT2D eigenvalue weighted by molar-refractivity contribution is -0.155. The zero-order chi connectivity index (χ0) is 24.9. The Bertz CT molecular complexity index is 967. The highest BCUT2D eigenvalue weighted by molar-refractivity contribution is 5.70. The molecule has 0 bridgehead atoms. The highest BCUT2D eigenvalue weighted by atomic mass is 19.4.